The Morgan fingerprint density at radius 1 is 1.03 bits per heavy atom. The van der Waals surface area contributed by atoms with Gasteiger partial charge in [0.05, 0.1) is 12.9 Å². The van der Waals surface area contributed by atoms with Crippen molar-refractivity contribution < 1.29 is 14.3 Å². The minimum atomic E-state index is -0.112. The lowest BCUT2D eigenvalue weighted by atomic mass is 10.1. The van der Waals surface area contributed by atoms with E-state index in [1.807, 2.05) is 41.8 Å². The average molecular weight is 449 g/mol. The van der Waals surface area contributed by atoms with Crippen LogP contribution in [-0.4, -0.2) is 33.5 Å². The fraction of sp³-hybridized carbons (Fsp3) is 0.208. The van der Waals surface area contributed by atoms with E-state index in [1.54, 1.807) is 31.4 Å². The van der Waals surface area contributed by atoms with Crippen LogP contribution in [0.25, 0.3) is 10.8 Å². The highest BCUT2D eigenvalue weighted by Gasteiger charge is 2.14. The number of aromatic nitrogens is 3. The minimum Gasteiger partial charge on any atom is -0.497 e. The molecule has 4 rings (SSSR count). The molecule has 1 N–H and O–H groups in total. The molecular weight excluding hydrogens is 424 g/mol. The zero-order valence-electron chi connectivity index (χ0n) is 17.9. The molecule has 0 atom stereocenters. The molecule has 0 bridgehead atoms. The molecule has 0 unspecified atom stereocenters. The second kappa shape index (κ2) is 10.2. The van der Waals surface area contributed by atoms with Crippen LogP contribution in [0, 0.1) is 0 Å². The highest BCUT2D eigenvalue weighted by atomic mass is 32.2. The summed E-state index contributed by atoms with van der Waals surface area (Å²) in [5.41, 5.74) is 0.720. The Bertz CT molecular complexity index is 1200. The third kappa shape index (κ3) is 5.03. The second-order valence-corrected chi connectivity index (χ2v) is 7.92. The van der Waals surface area contributed by atoms with E-state index in [0.29, 0.717) is 18.3 Å². The van der Waals surface area contributed by atoms with Crippen LogP contribution in [0.15, 0.2) is 71.9 Å². The Morgan fingerprint density at radius 2 is 1.81 bits per heavy atom. The van der Waals surface area contributed by atoms with E-state index in [2.05, 4.69) is 27.6 Å². The fourth-order valence-electron chi connectivity index (χ4n) is 3.32. The molecule has 0 fully saturated rings. The molecule has 4 aromatic rings. The lowest BCUT2D eigenvalue weighted by molar-refractivity contribution is -0.113. The van der Waals surface area contributed by atoms with Gasteiger partial charge in [0, 0.05) is 17.6 Å². The van der Waals surface area contributed by atoms with Gasteiger partial charge in [-0.3, -0.25) is 4.79 Å². The van der Waals surface area contributed by atoms with Gasteiger partial charge in [-0.05, 0) is 42.6 Å². The molecule has 8 heteroatoms. The van der Waals surface area contributed by atoms with Crippen LogP contribution in [0.5, 0.6) is 11.5 Å². The standard InChI is InChI=1S/C24H24N4O3S/c1-3-28-22(15-31-21-10-6-8-17-7-4-5-9-20(17)21)26-27-24(28)32-16-23(29)25-18-11-13-19(30-2)14-12-18/h4-14H,3,15-16H2,1-2H3,(H,25,29). The summed E-state index contributed by atoms with van der Waals surface area (Å²) < 4.78 is 13.2. The van der Waals surface area contributed by atoms with Crippen LogP contribution in [-0.2, 0) is 17.9 Å². The summed E-state index contributed by atoms with van der Waals surface area (Å²) in [5.74, 6) is 2.39. The first-order chi connectivity index (χ1) is 15.7. The summed E-state index contributed by atoms with van der Waals surface area (Å²) >= 11 is 1.35. The molecule has 7 nitrogen and oxygen atoms in total. The quantitative estimate of drug-likeness (QED) is 0.372. The summed E-state index contributed by atoms with van der Waals surface area (Å²) in [5, 5.41) is 14.3. The molecule has 0 aliphatic rings. The summed E-state index contributed by atoms with van der Waals surface area (Å²) in [6, 6.07) is 21.3. The smallest absolute Gasteiger partial charge is 0.234 e. The highest BCUT2D eigenvalue weighted by Crippen LogP contribution is 2.26. The summed E-state index contributed by atoms with van der Waals surface area (Å²) in [7, 11) is 1.61. The molecule has 1 aromatic heterocycles. The van der Waals surface area contributed by atoms with Crippen molar-refractivity contribution in [2.24, 2.45) is 0 Å². The predicted octanol–water partition coefficient (Wildman–Crippen LogP) is 4.77. The number of thioether (sulfide) groups is 1. The third-order valence-electron chi connectivity index (χ3n) is 4.92. The van der Waals surface area contributed by atoms with Crippen molar-refractivity contribution in [2.75, 3.05) is 18.2 Å². The molecule has 1 heterocycles. The number of ether oxygens (including phenoxy) is 2. The summed E-state index contributed by atoms with van der Waals surface area (Å²) in [4.78, 5) is 12.3. The number of carbonyl (C=O) groups excluding carboxylic acids is 1. The SMILES string of the molecule is CCn1c(COc2cccc3ccccc23)nnc1SCC(=O)Nc1ccc(OC)cc1. The van der Waals surface area contributed by atoms with E-state index in [9.17, 15) is 4.79 Å². The number of nitrogens with one attached hydrogen (secondary N) is 1. The normalized spacial score (nSPS) is 10.8. The number of hydrogen-bond acceptors (Lipinski definition) is 6. The molecule has 3 aromatic carbocycles. The first kappa shape index (κ1) is 21.7. The Kier molecular flexibility index (Phi) is 6.91. The van der Waals surface area contributed by atoms with E-state index in [0.717, 1.165) is 33.8 Å². The Hall–Kier alpha value is -3.52. The van der Waals surface area contributed by atoms with E-state index in [-0.39, 0.29) is 11.7 Å². The maximum atomic E-state index is 12.3. The number of amides is 1. The monoisotopic (exact) mass is 448 g/mol. The summed E-state index contributed by atoms with van der Waals surface area (Å²) in [6.07, 6.45) is 0. The number of benzene rings is 3. The maximum Gasteiger partial charge on any atom is 0.234 e. The van der Waals surface area contributed by atoms with Crippen molar-refractivity contribution in [1.29, 1.82) is 0 Å². The first-order valence-electron chi connectivity index (χ1n) is 10.3. The van der Waals surface area contributed by atoms with Gasteiger partial charge in [-0.2, -0.15) is 0 Å². The number of methoxy groups -OCH3 is 1. The van der Waals surface area contributed by atoms with Crippen LogP contribution < -0.4 is 14.8 Å². The van der Waals surface area contributed by atoms with Crippen molar-refractivity contribution >= 4 is 34.1 Å². The molecule has 164 valence electrons. The van der Waals surface area contributed by atoms with Gasteiger partial charge in [0.15, 0.2) is 11.0 Å². The molecule has 0 aliphatic carbocycles. The first-order valence-corrected chi connectivity index (χ1v) is 11.3. The fourth-order valence-corrected chi connectivity index (χ4v) is 4.14. The number of anilines is 1. The van der Waals surface area contributed by atoms with Gasteiger partial charge < -0.3 is 19.4 Å². The minimum absolute atomic E-state index is 0.112. The zero-order chi connectivity index (χ0) is 22.3. The molecule has 0 saturated heterocycles. The van der Waals surface area contributed by atoms with Crippen molar-refractivity contribution in [1.82, 2.24) is 14.8 Å². The number of carbonyl (C=O) groups is 1. The van der Waals surface area contributed by atoms with Gasteiger partial charge in [-0.25, -0.2) is 0 Å². The average Bonchev–Trinajstić information content (AvgIpc) is 3.23. The van der Waals surface area contributed by atoms with Crippen LogP contribution in [0.3, 0.4) is 0 Å². The van der Waals surface area contributed by atoms with Crippen molar-refractivity contribution in [2.45, 2.75) is 25.2 Å². The van der Waals surface area contributed by atoms with E-state index < -0.39 is 0 Å². The Balaban J connectivity index is 1.37. The molecular formula is C24H24N4O3S. The Labute approximate surface area is 190 Å². The van der Waals surface area contributed by atoms with Crippen LogP contribution >= 0.6 is 11.8 Å². The number of hydrogen-bond donors (Lipinski definition) is 1. The number of rotatable bonds is 9. The van der Waals surface area contributed by atoms with Crippen LogP contribution in [0.2, 0.25) is 0 Å². The third-order valence-corrected chi connectivity index (χ3v) is 5.89. The van der Waals surface area contributed by atoms with E-state index >= 15 is 0 Å². The predicted molar refractivity (Wildman–Crippen MR) is 126 cm³/mol. The number of fused-ring (bicyclic) bond motifs is 1. The lowest BCUT2D eigenvalue weighted by Gasteiger charge is -2.11. The maximum absolute atomic E-state index is 12.3. The highest BCUT2D eigenvalue weighted by molar-refractivity contribution is 7.99. The van der Waals surface area contributed by atoms with Crippen LogP contribution in [0.1, 0.15) is 12.7 Å². The van der Waals surface area contributed by atoms with Gasteiger partial charge in [-0.1, -0.05) is 48.2 Å². The van der Waals surface area contributed by atoms with Gasteiger partial charge in [0.1, 0.15) is 18.1 Å². The molecule has 0 saturated carbocycles. The van der Waals surface area contributed by atoms with E-state index in [1.165, 1.54) is 11.8 Å². The van der Waals surface area contributed by atoms with Crippen molar-refractivity contribution in [3.63, 3.8) is 0 Å². The lowest BCUT2D eigenvalue weighted by Crippen LogP contribution is -2.15. The van der Waals surface area contributed by atoms with Gasteiger partial charge in [0.25, 0.3) is 0 Å². The topological polar surface area (TPSA) is 78.3 Å². The molecule has 32 heavy (non-hydrogen) atoms. The van der Waals surface area contributed by atoms with Crippen LogP contribution in [0.4, 0.5) is 5.69 Å². The summed E-state index contributed by atoms with van der Waals surface area (Å²) in [6.45, 7) is 3.00. The van der Waals surface area contributed by atoms with E-state index in [4.69, 9.17) is 9.47 Å². The Morgan fingerprint density at radius 3 is 2.59 bits per heavy atom. The zero-order valence-corrected chi connectivity index (χ0v) is 18.8. The second-order valence-electron chi connectivity index (χ2n) is 6.97. The molecule has 1 amide bonds. The molecule has 0 radical (unpaired) electrons. The van der Waals surface area contributed by atoms with Gasteiger partial charge in [-0.15, -0.1) is 10.2 Å². The largest absolute Gasteiger partial charge is 0.497 e. The molecule has 0 spiro atoms. The molecule has 0 aliphatic heterocycles. The van der Waals surface area contributed by atoms with Gasteiger partial charge >= 0.3 is 0 Å². The van der Waals surface area contributed by atoms with Crippen molar-refractivity contribution in [3.05, 3.63) is 72.6 Å². The van der Waals surface area contributed by atoms with Crippen molar-refractivity contribution in [3.8, 4) is 11.5 Å². The van der Waals surface area contributed by atoms with Gasteiger partial charge in [0.2, 0.25) is 5.91 Å². The number of nitrogens with zero attached hydrogens (tertiary/aromatic N) is 3.